The molecule has 0 saturated carbocycles. The Morgan fingerprint density at radius 2 is 0.812 bits per heavy atom. The lowest BCUT2D eigenvalue weighted by molar-refractivity contribution is -0.415. The molecule has 0 aliphatic rings. The topological polar surface area (TPSA) is 143 Å². The fraction of sp³-hybridized carbons (Fsp3) is 0.222. The summed E-state index contributed by atoms with van der Waals surface area (Å²) < 4.78 is 0. The molecule has 0 atom stereocenters. The van der Waals surface area contributed by atoms with Crippen LogP contribution in [-0.4, -0.2) is 18.1 Å². The van der Waals surface area contributed by atoms with Crippen molar-refractivity contribution in [2.45, 2.75) is 13.8 Å². The van der Waals surface area contributed by atoms with Crippen LogP contribution in [0, 0.1) is 0 Å². The summed E-state index contributed by atoms with van der Waals surface area (Å²) in [5, 5.41) is 35.6. The summed E-state index contributed by atoms with van der Waals surface area (Å²) in [5.74, 6) is -2.37. The highest BCUT2D eigenvalue weighted by atomic mass is 16.6. The summed E-state index contributed by atoms with van der Waals surface area (Å²) in [5.41, 5.74) is 0.130. The van der Waals surface area contributed by atoms with Gasteiger partial charge in [-0.25, -0.2) is 0 Å². The number of carboxylic acid groups (broad SMARTS) is 4. The van der Waals surface area contributed by atoms with E-state index >= 15 is 0 Å². The van der Waals surface area contributed by atoms with Gasteiger partial charge in [0.2, 0.25) is 0 Å². The molecule has 0 N–H and O–H groups in total. The Morgan fingerprint density at radius 3 is 0.812 bits per heavy atom. The average molecular weight is 230 g/mol. The lowest BCUT2D eigenvalue weighted by Gasteiger charge is -1.96. The van der Waals surface area contributed by atoms with Crippen LogP contribution in [0.1, 0.15) is 13.8 Å². The number of carbonyl (C=O) groups excluding carboxylic acids is 3. The van der Waals surface area contributed by atoms with Crippen molar-refractivity contribution >= 4 is 18.1 Å². The minimum atomic E-state index is -2.33. The molecule has 0 saturated heterocycles. The Bertz CT molecular complexity index is 238. The third kappa shape index (κ3) is 41.3. The quantitative estimate of drug-likeness (QED) is 0.442. The van der Waals surface area contributed by atoms with E-state index in [1.165, 1.54) is 13.8 Å². The predicted octanol–water partition coefficient (Wildman–Crippen LogP) is -3.82. The Hall–Kier alpha value is -2.31. The maximum absolute atomic E-state index is 9.49. The van der Waals surface area contributed by atoms with E-state index in [-0.39, 0.29) is 11.1 Å². The second-order valence-electron chi connectivity index (χ2n) is 2.39. The van der Waals surface area contributed by atoms with E-state index in [4.69, 9.17) is 15.0 Å². The first-order chi connectivity index (χ1) is 7.02. The molecule has 0 aromatic rings. The minimum absolute atomic E-state index is 0.0648. The highest BCUT2D eigenvalue weighted by Gasteiger charge is 1.76. The van der Waals surface area contributed by atoms with Crippen molar-refractivity contribution < 1.29 is 34.8 Å². The molecule has 0 amide bonds. The number of carbonyl (C=O) groups is 3. The summed E-state index contributed by atoms with van der Waals surface area (Å²) in [6, 6.07) is 0. The lowest BCUT2D eigenvalue weighted by atomic mass is 10.4. The molecule has 0 aromatic heterocycles. The van der Waals surface area contributed by atoms with Gasteiger partial charge in [0.1, 0.15) is 0 Å². The van der Waals surface area contributed by atoms with Crippen LogP contribution in [0.3, 0.4) is 0 Å². The monoisotopic (exact) mass is 230 g/mol. The number of hydrogen-bond acceptors (Lipinski definition) is 7. The second-order valence-corrected chi connectivity index (χ2v) is 2.39. The summed E-state index contributed by atoms with van der Waals surface area (Å²) in [7, 11) is 0. The fourth-order valence-corrected chi connectivity index (χ4v) is 0. The standard InChI is InChI=1S/2C4H6O2.CH2O3/c2*1-3(2)4(5)6;2-1(3)4/h2*1H2,2H3,(H,5,6);(H2,2,3,4)/p-4. The van der Waals surface area contributed by atoms with Crippen LogP contribution in [0.15, 0.2) is 24.3 Å². The molecule has 0 aliphatic heterocycles. The third-order valence-corrected chi connectivity index (χ3v) is 0.697. The van der Waals surface area contributed by atoms with E-state index in [0.717, 1.165) is 0 Å². The van der Waals surface area contributed by atoms with Gasteiger partial charge in [0, 0.05) is 0 Å². The molecular formula is C9H10O7-4. The van der Waals surface area contributed by atoms with Gasteiger partial charge in [-0.05, 0) is 31.1 Å². The van der Waals surface area contributed by atoms with Gasteiger partial charge in [-0.3, -0.25) is 0 Å². The Morgan fingerprint density at radius 1 is 0.750 bits per heavy atom. The summed E-state index contributed by atoms with van der Waals surface area (Å²) in [6.07, 6.45) is -2.33. The molecule has 0 rings (SSSR count). The molecule has 0 aromatic carbocycles. The van der Waals surface area contributed by atoms with Crippen molar-refractivity contribution in [3.8, 4) is 0 Å². The van der Waals surface area contributed by atoms with Gasteiger partial charge in [0.25, 0.3) is 0 Å². The predicted molar refractivity (Wildman–Crippen MR) is 45.0 cm³/mol. The van der Waals surface area contributed by atoms with Crippen LogP contribution >= 0.6 is 0 Å². The summed E-state index contributed by atoms with van der Waals surface area (Å²) >= 11 is 0. The highest BCUT2D eigenvalue weighted by Crippen LogP contribution is 1.77. The van der Waals surface area contributed by atoms with E-state index in [9.17, 15) is 19.8 Å². The molecule has 0 radical (unpaired) electrons. The van der Waals surface area contributed by atoms with E-state index in [1.807, 2.05) is 0 Å². The fourth-order valence-electron chi connectivity index (χ4n) is 0. The van der Waals surface area contributed by atoms with Gasteiger partial charge >= 0.3 is 0 Å². The molecule has 16 heavy (non-hydrogen) atoms. The number of hydrogen-bond donors (Lipinski definition) is 0. The maximum atomic E-state index is 9.49. The zero-order valence-electron chi connectivity index (χ0n) is 8.77. The molecule has 0 heterocycles. The zero-order valence-corrected chi connectivity index (χ0v) is 8.77. The largest absolute Gasteiger partial charge is 0.652 e. The zero-order chi connectivity index (χ0) is 13.9. The molecule has 7 nitrogen and oxygen atoms in total. The molecule has 0 fully saturated rings. The van der Waals surface area contributed by atoms with Crippen LogP contribution < -0.4 is 20.4 Å². The van der Waals surface area contributed by atoms with Gasteiger partial charge in [-0.2, -0.15) is 0 Å². The number of carboxylic acids is 2. The van der Waals surface area contributed by atoms with E-state index in [2.05, 4.69) is 13.2 Å². The van der Waals surface area contributed by atoms with Crippen molar-refractivity contribution in [1.82, 2.24) is 0 Å². The van der Waals surface area contributed by atoms with Crippen molar-refractivity contribution in [2.75, 3.05) is 0 Å². The van der Waals surface area contributed by atoms with Crippen molar-refractivity contribution in [3.63, 3.8) is 0 Å². The van der Waals surface area contributed by atoms with Crippen molar-refractivity contribution in [3.05, 3.63) is 24.3 Å². The maximum Gasteiger partial charge on any atom is 0.0666 e. The van der Waals surface area contributed by atoms with Crippen LogP contribution in [0.25, 0.3) is 0 Å². The van der Waals surface area contributed by atoms with Crippen LogP contribution in [0.4, 0.5) is 4.79 Å². The summed E-state index contributed by atoms with van der Waals surface area (Å²) in [4.78, 5) is 27.3. The van der Waals surface area contributed by atoms with Crippen LogP contribution in [-0.2, 0) is 9.59 Å². The van der Waals surface area contributed by atoms with E-state index in [0.29, 0.717) is 0 Å². The van der Waals surface area contributed by atoms with Gasteiger partial charge in [0.15, 0.2) is 0 Å². The average Bonchev–Trinajstić information content (AvgIpc) is 2.03. The second kappa shape index (κ2) is 10.8. The van der Waals surface area contributed by atoms with Gasteiger partial charge < -0.3 is 34.8 Å². The number of rotatable bonds is 2. The lowest BCUT2D eigenvalue weighted by Crippen LogP contribution is -2.37. The third-order valence-electron chi connectivity index (χ3n) is 0.697. The molecule has 0 bridgehead atoms. The van der Waals surface area contributed by atoms with Gasteiger partial charge in [-0.1, -0.05) is 13.2 Å². The molecular weight excluding hydrogens is 220 g/mol. The summed E-state index contributed by atoms with van der Waals surface area (Å²) in [6.45, 7) is 8.95. The highest BCUT2D eigenvalue weighted by molar-refractivity contribution is 5.83. The van der Waals surface area contributed by atoms with Crippen molar-refractivity contribution in [2.24, 2.45) is 0 Å². The van der Waals surface area contributed by atoms with Crippen LogP contribution in [0.2, 0.25) is 0 Å². The first kappa shape index (κ1) is 19.3. The SMILES string of the molecule is C=C(C)C(=O)[O-].C=C(C)C(=O)[O-].O=C([O-])[O-]. The normalized spacial score (nSPS) is 7.12. The molecule has 7 heteroatoms. The molecule has 0 aliphatic carbocycles. The van der Waals surface area contributed by atoms with Gasteiger partial charge in [-0.15, -0.1) is 0 Å². The first-order valence-electron chi connectivity index (χ1n) is 3.64. The molecule has 92 valence electrons. The molecule has 0 spiro atoms. The smallest absolute Gasteiger partial charge is 0.0666 e. The Kier molecular flexibility index (Phi) is 13.0. The number of aliphatic carboxylic acids is 2. The Labute approximate surface area is 92.0 Å². The first-order valence-corrected chi connectivity index (χ1v) is 3.64. The minimum Gasteiger partial charge on any atom is -0.652 e. The van der Waals surface area contributed by atoms with E-state index in [1.54, 1.807) is 0 Å². The van der Waals surface area contributed by atoms with Crippen LogP contribution in [0.5, 0.6) is 0 Å². The van der Waals surface area contributed by atoms with E-state index < -0.39 is 18.1 Å². The Balaban J connectivity index is -0.000000162. The van der Waals surface area contributed by atoms with Crippen molar-refractivity contribution in [1.29, 1.82) is 0 Å². The van der Waals surface area contributed by atoms with Gasteiger partial charge in [0.05, 0.1) is 11.9 Å². The molecule has 0 unspecified atom stereocenters.